The maximum absolute atomic E-state index is 10.6. The van der Waals surface area contributed by atoms with Crippen molar-refractivity contribution in [2.45, 2.75) is 6.42 Å². The van der Waals surface area contributed by atoms with Gasteiger partial charge in [0.25, 0.3) is 0 Å². The monoisotopic (exact) mass is 231 g/mol. The third-order valence-corrected chi connectivity index (χ3v) is 2.55. The Balaban J connectivity index is 2.33. The molecule has 0 saturated carbocycles. The second-order valence-corrected chi connectivity index (χ2v) is 3.84. The van der Waals surface area contributed by atoms with E-state index in [1.807, 2.05) is 19.2 Å². The number of aryl methyl sites for hydroxylation is 1. The van der Waals surface area contributed by atoms with Gasteiger partial charge in [-0.25, -0.2) is 0 Å². The molecular formula is C12H13N3O2. The molecule has 0 fully saturated rings. The van der Waals surface area contributed by atoms with E-state index in [0.29, 0.717) is 5.69 Å². The van der Waals surface area contributed by atoms with Gasteiger partial charge in [-0.15, -0.1) is 0 Å². The number of benzene rings is 1. The van der Waals surface area contributed by atoms with Crippen molar-refractivity contribution in [1.29, 1.82) is 0 Å². The summed E-state index contributed by atoms with van der Waals surface area (Å²) in [5.41, 5.74) is 8.96. The lowest BCUT2D eigenvalue weighted by atomic mass is 10.1. The Morgan fingerprint density at radius 1 is 1.41 bits per heavy atom. The zero-order valence-corrected chi connectivity index (χ0v) is 9.42. The quantitative estimate of drug-likeness (QED) is 0.834. The van der Waals surface area contributed by atoms with E-state index < -0.39 is 5.97 Å². The van der Waals surface area contributed by atoms with Gasteiger partial charge in [0.2, 0.25) is 0 Å². The fourth-order valence-electron chi connectivity index (χ4n) is 1.76. The number of carbonyl (C=O) groups is 1. The molecule has 0 aliphatic carbocycles. The van der Waals surface area contributed by atoms with Gasteiger partial charge in [-0.2, -0.15) is 5.10 Å². The van der Waals surface area contributed by atoms with Crippen molar-refractivity contribution in [2.75, 3.05) is 5.73 Å². The third kappa shape index (κ3) is 2.28. The highest BCUT2D eigenvalue weighted by atomic mass is 16.4. The third-order valence-electron chi connectivity index (χ3n) is 2.55. The SMILES string of the molecule is Cn1ncc(N)c1-c1ccc(CC(=O)O)cc1. The minimum atomic E-state index is -0.835. The topological polar surface area (TPSA) is 81.1 Å². The maximum atomic E-state index is 10.6. The minimum Gasteiger partial charge on any atom is -0.481 e. The van der Waals surface area contributed by atoms with Crippen LogP contribution in [0.1, 0.15) is 5.56 Å². The summed E-state index contributed by atoms with van der Waals surface area (Å²) < 4.78 is 1.70. The zero-order chi connectivity index (χ0) is 12.4. The standard InChI is InChI=1S/C12H13N3O2/c1-15-12(10(13)7-14-15)9-4-2-8(3-5-9)6-11(16)17/h2-5,7H,6,13H2,1H3,(H,16,17). The van der Waals surface area contributed by atoms with Crippen LogP contribution in [-0.2, 0) is 18.3 Å². The van der Waals surface area contributed by atoms with Gasteiger partial charge in [-0.3, -0.25) is 9.48 Å². The molecule has 0 spiro atoms. The molecule has 1 aromatic carbocycles. The van der Waals surface area contributed by atoms with Crippen LogP contribution in [0.4, 0.5) is 5.69 Å². The molecule has 1 aromatic heterocycles. The van der Waals surface area contributed by atoms with E-state index in [1.54, 1.807) is 23.0 Å². The smallest absolute Gasteiger partial charge is 0.307 e. The highest BCUT2D eigenvalue weighted by molar-refractivity contribution is 5.74. The Labute approximate surface area is 98.5 Å². The van der Waals surface area contributed by atoms with Gasteiger partial charge in [-0.05, 0) is 5.56 Å². The van der Waals surface area contributed by atoms with Crippen LogP contribution in [0.15, 0.2) is 30.5 Å². The Hall–Kier alpha value is -2.30. The maximum Gasteiger partial charge on any atom is 0.307 e. The average Bonchev–Trinajstić information content (AvgIpc) is 2.59. The lowest BCUT2D eigenvalue weighted by molar-refractivity contribution is -0.136. The number of carboxylic acid groups (broad SMARTS) is 1. The van der Waals surface area contributed by atoms with Gasteiger partial charge in [0, 0.05) is 12.6 Å². The number of aromatic nitrogens is 2. The molecule has 5 heteroatoms. The van der Waals surface area contributed by atoms with Crippen LogP contribution >= 0.6 is 0 Å². The van der Waals surface area contributed by atoms with Crippen molar-refractivity contribution in [3.63, 3.8) is 0 Å². The number of hydrogen-bond acceptors (Lipinski definition) is 3. The summed E-state index contributed by atoms with van der Waals surface area (Å²) in [6.07, 6.45) is 1.63. The van der Waals surface area contributed by atoms with E-state index >= 15 is 0 Å². The molecule has 0 unspecified atom stereocenters. The summed E-state index contributed by atoms with van der Waals surface area (Å²) in [4.78, 5) is 10.6. The molecule has 0 saturated heterocycles. The Bertz CT molecular complexity index is 524. The van der Waals surface area contributed by atoms with Gasteiger partial charge in [0.05, 0.1) is 24.0 Å². The second-order valence-electron chi connectivity index (χ2n) is 3.84. The predicted molar refractivity (Wildman–Crippen MR) is 64.4 cm³/mol. The number of aliphatic carboxylic acids is 1. The molecule has 17 heavy (non-hydrogen) atoms. The van der Waals surface area contributed by atoms with E-state index in [0.717, 1.165) is 16.8 Å². The molecule has 2 rings (SSSR count). The number of carboxylic acids is 1. The van der Waals surface area contributed by atoms with Crippen LogP contribution in [0.3, 0.4) is 0 Å². The van der Waals surface area contributed by atoms with Crippen molar-refractivity contribution in [2.24, 2.45) is 7.05 Å². The van der Waals surface area contributed by atoms with Crippen LogP contribution in [-0.4, -0.2) is 20.9 Å². The first-order valence-electron chi connectivity index (χ1n) is 5.16. The lowest BCUT2D eigenvalue weighted by Gasteiger charge is -2.04. The molecule has 0 amide bonds. The molecule has 0 bridgehead atoms. The zero-order valence-electron chi connectivity index (χ0n) is 9.42. The van der Waals surface area contributed by atoms with Crippen molar-refractivity contribution in [1.82, 2.24) is 9.78 Å². The first-order valence-corrected chi connectivity index (χ1v) is 5.16. The van der Waals surface area contributed by atoms with Crippen LogP contribution in [0.2, 0.25) is 0 Å². The first kappa shape index (κ1) is 11.2. The molecule has 1 heterocycles. The Morgan fingerprint density at radius 2 is 2.06 bits per heavy atom. The number of anilines is 1. The highest BCUT2D eigenvalue weighted by Gasteiger charge is 2.08. The van der Waals surface area contributed by atoms with Gasteiger partial charge < -0.3 is 10.8 Å². The highest BCUT2D eigenvalue weighted by Crippen LogP contribution is 2.25. The fourth-order valence-corrected chi connectivity index (χ4v) is 1.76. The number of nitrogens with two attached hydrogens (primary N) is 1. The molecule has 3 N–H and O–H groups in total. The molecule has 2 aromatic rings. The normalized spacial score (nSPS) is 10.4. The van der Waals surface area contributed by atoms with Gasteiger partial charge in [-0.1, -0.05) is 24.3 Å². The minimum absolute atomic E-state index is 0.0289. The molecule has 0 atom stereocenters. The molecule has 0 aliphatic heterocycles. The van der Waals surface area contributed by atoms with Crippen molar-refractivity contribution in [3.8, 4) is 11.3 Å². The summed E-state index contributed by atoms with van der Waals surface area (Å²) in [6, 6.07) is 7.28. The van der Waals surface area contributed by atoms with Crippen LogP contribution in [0, 0.1) is 0 Å². The Kier molecular flexibility index (Phi) is 2.82. The summed E-state index contributed by atoms with van der Waals surface area (Å²) >= 11 is 0. The van der Waals surface area contributed by atoms with E-state index in [2.05, 4.69) is 5.10 Å². The average molecular weight is 231 g/mol. The summed E-state index contributed by atoms with van der Waals surface area (Å²) in [7, 11) is 1.82. The van der Waals surface area contributed by atoms with Crippen LogP contribution < -0.4 is 5.73 Å². The Morgan fingerprint density at radius 3 is 2.53 bits per heavy atom. The van der Waals surface area contributed by atoms with Gasteiger partial charge >= 0.3 is 5.97 Å². The number of rotatable bonds is 3. The molecule has 0 radical (unpaired) electrons. The van der Waals surface area contributed by atoms with Crippen LogP contribution in [0.5, 0.6) is 0 Å². The molecule has 0 aliphatic rings. The van der Waals surface area contributed by atoms with E-state index in [4.69, 9.17) is 10.8 Å². The fraction of sp³-hybridized carbons (Fsp3) is 0.167. The van der Waals surface area contributed by atoms with E-state index in [1.165, 1.54) is 0 Å². The summed E-state index contributed by atoms with van der Waals surface area (Å²) in [5.74, 6) is -0.835. The molecular weight excluding hydrogens is 218 g/mol. The molecule has 88 valence electrons. The van der Waals surface area contributed by atoms with Gasteiger partial charge in [0.1, 0.15) is 0 Å². The van der Waals surface area contributed by atoms with Crippen molar-refractivity contribution < 1.29 is 9.90 Å². The largest absolute Gasteiger partial charge is 0.481 e. The van der Waals surface area contributed by atoms with Crippen molar-refractivity contribution >= 4 is 11.7 Å². The predicted octanol–water partition coefficient (Wildman–Crippen LogP) is 1.30. The van der Waals surface area contributed by atoms with Gasteiger partial charge in [0.15, 0.2) is 0 Å². The first-order chi connectivity index (χ1) is 8.08. The van der Waals surface area contributed by atoms with Crippen molar-refractivity contribution in [3.05, 3.63) is 36.0 Å². The number of nitrogens with zero attached hydrogens (tertiary/aromatic N) is 2. The van der Waals surface area contributed by atoms with E-state index in [-0.39, 0.29) is 6.42 Å². The lowest BCUT2D eigenvalue weighted by Crippen LogP contribution is -2.00. The summed E-state index contributed by atoms with van der Waals surface area (Å²) in [6.45, 7) is 0. The molecule has 5 nitrogen and oxygen atoms in total. The van der Waals surface area contributed by atoms with E-state index in [9.17, 15) is 4.79 Å². The summed E-state index contributed by atoms with van der Waals surface area (Å²) in [5, 5.41) is 12.7. The number of nitrogen functional groups attached to an aromatic ring is 1. The second kappa shape index (κ2) is 4.29. The number of hydrogen-bond donors (Lipinski definition) is 2. The van der Waals surface area contributed by atoms with Crippen LogP contribution in [0.25, 0.3) is 11.3 Å².